The number of aryl methyl sites for hydroxylation is 1. The fourth-order valence-electron chi connectivity index (χ4n) is 3.53. The third-order valence-corrected chi connectivity index (χ3v) is 5.44. The molecule has 0 aliphatic carbocycles. The number of rotatable bonds is 5. The van der Waals surface area contributed by atoms with Gasteiger partial charge < -0.3 is 15.0 Å². The lowest BCUT2D eigenvalue weighted by molar-refractivity contribution is -0.330. The number of H-pyrrole nitrogens is 1. The van der Waals surface area contributed by atoms with Crippen LogP contribution in [0.15, 0.2) is 24.3 Å². The molecule has 0 spiro atoms. The average Bonchev–Trinajstić information content (AvgIpc) is 2.96. The van der Waals surface area contributed by atoms with Crippen molar-refractivity contribution in [3.05, 3.63) is 35.4 Å². The van der Waals surface area contributed by atoms with Crippen molar-refractivity contribution >= 4 is 34.1 Å². The molecule has 1 aliphatic heterocycles. The van der Waals surface area contributed by atoms with Crippen molar-refractivity contribution in [3.63, 3.8) is 0 Å². The maximum Gasteiger partial charge on any atom is 0.293 e. The molecule has 0 saturated carbocycles. The molecular weight excluding hydrogens is 370 g/mol. The van der Waals surface area contributed by atoms with Crippen molar-refractivity contribution < 1.29 is 9.72 Å². The zero-order valence-corrected chi connectivity index (χ0v) is 17.4. The molecule has 0 radical (unpaired) electrons. The molecule has 2 heterocycles. The van der Waals surface area contributed by atoms with Gasteiger partial charge in [0.2, 0.25) is 0 Å². The molecule has 148 valence electrons. The summed E-state index contributed by atoms with van der Waals surface area (Å²) in [5.41, 5.74) is 2.95. The Labute approximate surface area is 172 Å². The minimum Gasteiger partial charge on any atom is -0.385 e. The maximum absolute atomic E-state index is 9.67. The number of thiocarbonyl (C=S) groups is 1. The Bertz CT molecular complexity index is 879. The number of pyridine rings is 1. The van der Waals surface area contributed by atoms with Gasteiger partial charge in [0.05, 0.1) is 13.1 Å². The highest BCUT2D eigenvalue weighted by Crippen LogP contribution is 2.21. The van der Waals surface area contributed by atoms with Crippen LogP contribution in [0.25, 0.3) is 10.9 Å². The Hall–Kier alpha value is -2.43. The molecule has 0 atom stereocenters. The molecule has 0 unspecified atom stereocenters. The Morgan fingerprint density at radius 2 is 2.14 bits per heavy atom. The fraction of sp³-hybridized carbons (Fsp3) is 0.476. The van der Waals surface area contributed by atoms with Crippen molar-refractivity contribution in [3.8, 4) is 6.07 Å². The van der Waals surface area contributed by atoms with Gasteiger partial charge in [-0.05, 0) is 43.3 Å². The van der Waals surface area contributed by atoms with Gasteiger partial charge in [-0.1, -0.05) is 12.1 Å². The second kappa shape index (κ2) is 9.67. The standard InChI is InChI=1S/C21H27N5OS/c1-16-5-6-17-14-18(15-22)20(24-19(17)13-16)25-8-4-9-26(11-10-25)21(28)23-7-3-12-27-2/h5-6,13-14H,3-4,7-12H2,1-2H3,(H,23,28)/p+1. The van der Waals surface area contributed by atoms with Crippen molar-refractivity contribution in [1.82, 2.24) is 10.2 Å². The molecule has 6 nitrogen and oxygen atoms in total. The van der Waals surface area contributed by atoms with E-state index >= 15 is 0 Å². The second-order valence-corrected chi connectivity index (χ2v) is 7.53. The summed E-state index contributed by atoms with van der Waals surface area (Å²) in [4.78, 5) is 7.99. The molecule has 0 bridgehead atoms. The van der Waals surface area contributed by atoms with E-state index in [9.17, 15) is 5.26 Å². The highest BCUT2D eigenvalue weighted by molar-refractivity contribution is 7.80. The summed E-state index contributed by atoms with van der Waals surface area (Å²) in [6, 6.07) is 10.6. The lowest BCUT2D eigenvalue weighted by Crippen LogP contribution is -2.42. The van der Waals surface area contributed by atoms with E-state index in [4.69, 9.17) is 17.0 Å². The smallest absolute Gasteiger partial charge is 0.293 e. The topological polar surface area (TPSA) is 65.7 Å². The van der Waals surface area contributed by atoms with E-state index in [1.807, 2.05) is 6.07 Å². The quantitative estimate of drug-likeness (QED) is 0.616. The van der Waals surface area contributed by atoms with E-state index in [0.29, 0.717) is 5.56 Å². The van der Waals surface area contributed by atoms with Crippen molar-refractivity contribution in [2.24, 2.45) is 0 Å². The van der Waals surface area contributed by atoms with Gasteiger partial charge in [-0.25, -0.2) is 4.98 Å². The zero-order valence-electron chi connectivity index (χ0n) is 16.6. The van der Waals surface area contributed by atoms with E-state index < -0.39 is 0 Å². The van der Waals surface area contributed by atoms with Crippen molar-refractivity contribution in [1.29, 1.82) is 5.26 Å². The molecule has 1 aromatic heterocycles. The molecule has 1 aromatic carbocycles. The lowest BCUT2D eigenvalue weighted by atomic mass is 10.1. The summed E-state index contributed by atoms with van der Waals surface area (Å²) < 4.78 is 5.08. The molecular formula is C21H28N5OS+. The van der Waals surface area contributed by atoms with E-state index in [1.54, 1.807) is 7.11 Å². The summed E-state index contributed by atoms with van der Waals surface area (Å²) in [5.74, 6) is 0.904. The summed E-state index contributed by atoms with van der Waals surface area (Å²) in [6.07, 6.45) is 1.93. The van der Waals surface area contributed by atoms with Gasteiger partial charge in [0.15, 0.2) is 5.11 Å². The molecule has 28 heavy (non-hydrogen) atoms. The monoisotopic (exact) mass is 398 g/mol. The second-order valence-electron chi connectivity index (χ2n) is 7.14. The highest BCUT2D eigenvalue weighted by Gasteiger charge is 2.25. The predicted molar refractivity (Wildman–Crippen MR) is 115 cm³/mol. The number of anilines is 1. The third kappa shape index (κ3) is 4.89. The number of aromatic nitrogens is 1. The molecule has 2 aromatic rings. The van der Waals surface area contributed by atoms with Gasteiger partial charge >= 0.3 is 0 Å². The maximum atomic E-state index is 9.67. The molecule has 7 heteroatoms. The van der Waals surface area contributed by atoms with Crippen LogP contribution in [0.5, 0.6) is 0 Å². The first-order chi connectivity index (χ1) is 13.6. The molecule has 2 N–H and O–H groups in total. The number of nitriles is 1. The average molecular weight is 399 g/mol. The number of ether oxygens (including phenoxy) is 1. The van der Waals surface area contributed by atoms with Crippen LogP contribution in [0.4, 0.5) is 5.82 Å². The first-order valence-electron chi connectivity index (χ1n) is 9.76. The summed E-state index contributed by atoms with van der Waals surface area (Å²) in [5, 5.41) is 14.8. The SMILES string of the molecule is COCCCNC(=S)N1CCCN(c2[nH+]c3cc(C)ccc3cc2C#N)CC1. The Balaban J connectivity index is 1.71. The number of aromatic amines is 1. The highest BCUT2D eigenvalue weighted by atomic mass is 32.1. The van der Waals surface area contributed by atoms with Gasteiger partial charge in [-0.3, -0.25) is 4.90 Å². The first-order valence-corrected chi connectivity index (χ1v) is 10.2. The minimum absolute atomic E-state index is 0.685. The van der Waals surface area contributed by atoms with Crippen LogP contribution in [0.1, 0.15) is 24.0 Å². The predicted octanol–water partition coefficient (Wildman–Crippen LogP) is 2.26. The van der Waals surface area contributed by atoms with E-state index in [0.717, 1.165) is 74.0 Å². The number of fused-ring (bicyclic) bond motifs is 1. The number of benzene rings is 1. The van der Waals surface area contributed by atoms with Gasteiger partial charge in [0.1, 0.15) is 23.7 Å². The van der Waals surface area contributed by atoms with Crippen LogP contribution in [0, 0.1) is 18.3 Å². The van der Waals surface area contributed by atoms with Gasteiger partial charge in [-0.2, -0.15) is 5.26 Å². The van der Waals surface area contributed by atoms with Crippen LogP contribution in [-0.4, -0.2) is 56.5 Å². The number of hydrogen-bond donors (Lipinski definition) is 1. The van der Waals surface area contributed by atoms with Crippen molar-refractivity contribution in [2.75, 3.05) is 51.3 Å². The largest absolute Gasteiger partial charge is 0.385 e. The zero-order chi connectivity index (χ0) is 19.9. The van der Waals surface area contributed by atoms with Crippen LogP contribution < -0.4 is 15.2 Å². The van der Waals surface area contributed by atoms with Crippen LogP contribution in [0.2, 0.25) is 0 Å². The summed E-state index contributed by atoms with van der Waals surface area (Å²) in [6.45, 7) is 7.10. The molecule has 1 saturated heterocycles. The van der Waals surface area contributed by atoms with Crippen molar-refractivity contribution in [2.45, 2.75) is 19.8 Å². The van der Waals surface area contributed by atoms with Crippen LogP contribution in [0.3, 0.4) is 0 Å². The molecule has 1 fully saturated rings. The Kier molecular flexibility index (Phi) is 7.01. The van der Waals surface area contributed by atoms with Crippen LogP contribution in [-0.2, 0) is 4.74 Å². The lowest BCUT2D eigenvalue weighted by Gasteiger charge is -2.23. The van der Waals surface area contributed by atoms with Crippen LogP contribution >= 0.6 is 12.2 Å². The van der Waals surface area contributed by atoms with E-state index in [1.165, 1.54) is 5.56 Å². The molecule has 1 aliphatic rings. The summed E-state index contributed by atoms with van der Waals surface area (Å²) in [7, 11) is 1.71. The number of nitrogens with one attached hydrogen (secondary N) is 2. The van der Waals surface area contributed by atoms with E-state index in [2.05, 4.69) is 51.3 Å². The Morgan fingerprint density at radius 1 is 1.29 bits per heavy atom. The normalized spacial score (nSPS) is 14.6. The van der Waals surface area contributed by atoms with E-state index in [-0.39, 0.29) is 0 Å². The minimum atomic E-state index is 0.685. The number of nitrogens with zero attached hydrogens (tertiary/aromatic N) is 3. The Morgan fingerprint density at radius 3 is 2.93 bits per heavy atom. The number of methoxy groups -OCH3 is 1. The molecule has 0 amide bonds. The van der Waals surface area contributed by atoms with Gasteiger partial charge in [0.25, 0.3) is 5.82 Å². The van der Waals surface area contributed by atoms with Gasteiger partial charge in [0, 0.05) is 38.6 Å². The first kappa shape index (κ1) is 20.3. The third-order valence-electron chi connectivity index (χ3n) is 5.04. The summed E-state index contributed by atoms with van der Waals surface area (Å²) >= 11 is 5.56. The molecule has 3 rings (SSSR count). The van der Waals surface area contributed by atoms with Gasteiger partial charge in [-0.15, -0.1) is 0 Å². The fourth-order valence-corrected chi connectivity index (χ4v) is 3.81. The number of hydrogen-bond acceptors (Lipinski definition) is 4.